The minimum Gasteiger partial charge on any atom is -0.377 e. The molecule has 9 nitrogen and oxygen atoms in total. The number of carbonyl (C=O) groups is 1. The second kappa shape index (κ2) is 6.02. The highest BCUT2D eigenvalue weighted by Gasteiger charge is 2.34. The van der Waals surface area contributed by atoms with E-state index in [0.717, 1.165) is 6.26 Å². The summed E-state index contributed by atoms with van der Waals surface area (Å²) in [6.45, 7) is 2.72. The first-order valence-electron chi connectivity index (χ1n) is 7.41. The van der Waals surface area contributed by atoms with Crippen LogP contribution in [0.5, 0.6) is 0 Å². The molecule has 130 valence electrons. The van der Waals surface area contributed by atoms with Crippen LogP contribution in [0.4, 0.5) is 0 Å². The summed E-state index contributed by atoms with van der Waals surface area (Å²) in [5, 5.41) is 10.7. The van der Waals surface area contributed by atoms with Gasteiger partial charge in [-0.2, -0.15) is 10.2 Å². The molecule has 1 fully saturated rings. The second-order valence-electron chi connectivity index (χ2n) is 5.81. The van der Waals surface area contributed by atoms with E-state index in [1.807, 2.05) is 0 Å². The molecule has 1 N–H and O–H groups in total. The summed E-state index contributed by atoms with van der Waals surface area (Å²) in [7, 11) is -1.71. The van der Waals surface area contributed by atoms with Crippen LogP contribution in [0.2, 0.25) is 0 Å². The van der Waals surface area contributed by atoms with Crippen molar-refractivity contribution in [3.05, 3.63) is 29.3 Å². The predicted octanol–water partition coefficient (Wildman–Crippen LogP) is 0.0688. The molecular weight excluding hydrogens is 334 g/mol. The number of aromatic nitrogens is 4. The van der Waals surface area contributed by atoms with Gasteiger partial charge in [0, 0.05) is 26.0 Å². The minimum atomic E-state index is -3.46. The Morgan fingerprint density at radius 3 is 2.83 bits per heavy atom. The van der Waals surface area contributed by atoms with Crippen molar-refractivity contribution in [2.75, 3.05) is 26.0 Å². The summed E-state index contributed by atoms with van der Waals surface area (Å²) in [5.74, 6) is -0.206. The highest BCUT2D eigenvalue weighted by atomic mass is 32.2. The van der Waals surface area contributed by atoms with Crippen LogP contribution >= 0.6 is 0 Å². The van der Waals surface area contributed by atoms with Gasteiger partial charge in [-0.1, -0.05) is 0 Å². The molecule has 3 heterocycles. The van der Waals surface area contributed by atoms with Crippen molar-refractivity contribution in [1.82, 2.24) is 24.9 Å². The van der Waals surface area contributed by atoms with Crippen LogP contribution in [0.3, 0.4) is 0 Å². The van der Waals surface area contributed by atoms with E-state index in [-0.39, 0.29) is 17.4 Å². The number of hydrogen-bond donors (Lipinski definition) is 1. The third kappa shape index (κ3) is 2.94. The van der Waals surface area contributed by atoms with Gasteiger partial charge in [-0.15, -0.1) is 0 Å². The SMILES string of the molecule is Cc1nn(C)cc1C(=O)N1CCOCC1c1[nH]ncc1S(C)(=O)=O. The van der Waals surface area contributed by atoms with E-state index < -0.39 is 15.9 Å². The molecular formula is C14H19N5O4S. The normalized spacial score (nSPS) is 18.8. The van der Waals surface area contributed by atoms with Crippen LogP contribution in [-0.2, 0) is 21.6 Å². The number of sulfone groups is 1. The zero-order valence-electron chi connectivity index (χ0n) is 13.7. The summed E-state index contributed by atoms with van der Waals surface area (Å²) in [4.78, 5) is 14.6. The zero-order valence-corrected chi connectivity index (χ0v) is 14.5. The van der Waals surface area contributed by atoms with Crippen molar-refractivity contribution in [1.29, 1.82) is 0 Å². The molecule has 10 heteroatoms. The van der Waals surface area contributed by atoms with Crippen LogP contribution in [0.25, 0.3) is 0 Å². The van der Waals surface area contributed by atoms with E-state index in [1.165, 1.54) is 6.20 Å². The Balaban J connectivity index is 1.99. The van der Waals surface area contributed by atoms with Gasteiger partial charge in [-0.3, -0.25) is 14.6 Å². The highest BCUT2D eigenvalue weighted by molar-refractivity contribution is 7.90. The maximum absolute atomic E-state index is 12.9. The van der Waals surface area contributed by atoms with Crippen molar-refractivity contribution in [3.8, 4) is 0 Å². The molecule has 0 saturated carbocycles. The van der Waals surface area contributed by atoms with Crippen molar-refractivity contribution in [2.24, 2.45) is 7.05 Å². The lowest BCUT2D eigenvalue weighted by Gasteiger charge is -2.35. The fourth-order valence-corrected chi connectivity index (χ4v) is 3.69. The number of amides is 1. The topological polar surface area (TPSA) is 110 Å². The molecule has 1 aliphatic heterocycles. The first kappa shape index (κ1) is 16.7. The molecule has 3 rings (SSSR count). The largest absolute Gasteiger partial charge is 0.377 e. The van der Waals surface area contributed by atoms with E-state index in [1.54, 1.807) is 29.7 Å². The van der Waals surface area contributed by atoms with Crippen LogP contribution in [0.1, 0.15) is 27.8 Å². The average Bonchev–Trinajstić information content (AvgIpc) is 3.12. The van der Waals surface area contributed by atoms with Gasteiger partial charge in [0.25, 0.3) is 5.91 Å². The van der Waals surface area contributed by atoms with Gasteiger partial charge in [0.05, 0.1) is 42.4 Å². The molecule has 0 radical (unpaired) electrons. The molecule has 1 atom stereocenters. The van der Waals surface area contributed by atoms with Gasteiger partial charge in [0.1, 0.15) is 4.90 Å². The number of aromatic amines is 1. The molecule has 1 amide bonds. The molecule has 1 unspecified atom stereocenters. The Hall–Kier alpha value is -2.20. The number of carbonyl (C=O) groups excluding carboxylic acids is 1. The summed E-state index contributed by atoms with van der Waals surface area (Å²) >= 11 is 0. The molecule has 2 aromatic rings. The Kier molecular flexibility index (Phi) is 4.18. The van der Waals surface area contributed by atoms with E-state index in [2.05, 4.69) is 15.3 Å². The predicted molar refractivity (Wildman–Crippen MR) is 84.2 cm³/mol. The van der Waals surface area contributed by atoms with Crippen molar-refractivity contribution >= 4 is 15.7 Å². The summed E-state index contributed by atoms with van der Waals surface area (Å²) in [6.07, 6.45) is 4.04. The van der Waals surface area contributed by atoms with Gasteiger partial charge in [-0.05, 0) is 6.92 Å². The Bertz CT molecular complexity index is 870. The summed E-state index contributed by atoms with van der Waals surface area (Å²) < 4.78 is 30.9. The number of nitrogens with one attached hydrogen (secondary N) is 1. The van der Waals surface area contributed by atoms with Crippen LogP contribution in [0, 0.1) is 6.92 Å². The third-order valence-electron chi connectivity index (χ3n) is 4.00. The molecule has 1 saturated heterocycles. The number of aryl methyl sites for hydroxylation is 2. The lowest BCUT2D eigenvalue weighted by Crippen LogP contribution is -2.44. The standard InChI is InChI=1S/C14H19N5O4S/c1-9-10(7-18(2)17-9)14(20)19-4-5-23-8-11(19)13-12(6-15-16-13)24(3,21)22/h6-7,11H,4-5,8H2,1-3H3,(H,15,16). The maximum Gasteiger partial charge on any atom is 0.258 e. The van der Waals surface area contributed by atoms with Crippen molar-refractivity contribution < 1.29 is 17.9 Å². The summed E-state index contributed by atoms with van der Waals surface area (Å²) in [6, 6.07) is -0.543. The third-order valence-corrected chi connectivity index (χ3v) is 5.12. The molecule has 1 aliphatic rings. The number of morpholine rings is 1. The Morgan fingerprint density at radius 1 is 1.46 bits per heavy atom. The van der Waals surface area contributed by atoms with Crippen molar-refractivity contribution in [2.45, 2.75) is 17.9 Å². The second-order valence-corrected chi connectivity index (χ2v) is 7.80. The Morgan fingerprint density at radius 2 is 2.21 bits per heavy atom. The highest BCUT2D eigenvalue weighted by Crippen LogP contribution is 2.29. The van der Waals surface area contributed by atoms with Gasteiger partial charge >= 0.3 is 0 Å². The number of hydrogen-bond acceptors (Lipinski definition) is 6. The number of rotatable bonds is 3. The molecule has 0 spiro atoms. The van der Waals surface area contributed by atoms with Crippen LogP contribution in [-0.4, -0.2) is 65.2 Å². The fourth-order valence-electron chi connectivity index (χ4n) is 2.87. The van der Waals surface area contributed by atoms with Gasteiger partial charge in [0.15, 0.2) is 9.84 Å². The monoisotopic (exact) mass is 353 g/mol. The molecule has 0 aliphatic carbocycles. The number of nitrogens with zero attached hydrogens (tertiary/aromatic N) is 4. The van der Waals surface area contributed by atoms with Crippen molar-refractivity contribution in [3.63, 3.8) is 0 Å². The fraction of sp³-hybridized carbons (Fsp3) is 0.500. The first-order chi connectivity index (χ1) is 11.3. The zero-order chi connectivity index (χ0) is 17.5. The minimum absolute atomic E-state index is 0.0821. The van der Waals surface area contributed by atoms with E-state index in [9.17, 15) is 13.2 Å². The first-order valence-corrected chi connectivity index (χ1v) is 9.30. The lowest BCUT2D eigenvalue weighted by atomic mass is 10.1. The molecule has 0 aromatic carbocycles. The van der Waals surface area contributed by atoms with Crippen LogP contribution < -0.4 is 0 Å². The Labute approximate surface area is 139 Å². The van der Waals surface area contributed by atoms with E-state index >= 15 is 0 Å². The molecule has 24 heavy (non-hydrogen) atoms. The number of H-pyrrole nitrogens is 1. The number of ether oxygens (including phenoxy) is 1. The lowest BCUT2D eigenvalue weighted by molar-refractivity contribution is -0.00472. The summed E-state index contributed by atoms with van der Waals surface area (Å²) in [5.41, 5.74) is 1.48. The quantitative estimate of drug-likeness (QED) is 0.836. The molecule has 2 aromatic heterocycles. The smallest absolute Gasteiger partial charge is 0.258 e. The van der Waals surface area contributed by atoms with E-state index in [4.69, 9.17) is 4.74 Å². The average molecular weight is 353 g/mol. The van der Waals surface area contributed by atoms with E-state index in [0.29, 0.717) is 30.1 Å². The van der Waals surface area contributed by atoms with Gasteiger partial charge in [0.2, 0.25) is 0 Å². The van der Waals surface area contributed by atoms with Gasteiger partial charge in [-0.25, -0.2) is 8.42 Å². The van der Waals surface area contributed by atoms with Gasteiger partial charge < -0.3 is 9.64 Å². The molecule has 0 bridgehead atoms. The van der Waals surface area contributed by atoms with Crippen LogP contribution in [0.15, 0.2) is 17.3 Å². The maximum atomic E-state index is 12.9.